The average molecular weight is 283 g/mol. The molecule has 0 spiro atoms. The highest BCUT2D eigenvalue weighted by molar-refractivity contribution is 7.91. The van der Waals surface area contributed by atoms with Gasteiger partial charge in [0.25, 0.3) is 0 Å². The number of hydrogen-bond acceptors (Lipinski definition) is 4. The highest BCUT2D eigenvalue weighted by atomic mass is 32.2. The third-order valence-corrected chi connectivity index (χ3v) is 5.39. The molecule has 0 aromatic heterocycles. The van der Waals surface area contributed by atoms with E-state index in [9.17, 15) is 8.42 Å². The van der Waals surface area contributed by atoms with Gasteiger partial charge in [0.15, 0.2) is 9.84 Å². The molecule has 106 valence electrons. The van der Waals surface area contributed by atoms with Gasteiger partial charge in [0.05, 0.1) is 17.4 Å². The molecule has 2 N–H and O–H groups in total. The third kappa shape index (κ3) is 2.68. The summed E-state index contributed by atoms with van der Waals surface area (Å²) < 4.78 is 29.1. The van der Waals surface area contributed by atoms with Gasteiger partial charge in [-0.3, -0.25) is 0 Å². The Balaban J connectivity index is 2.30. The lowest BCUT2D eigenvalue weighted by atomic mass is 10.1. The molecule has 0 unspecified atom stereocenters. The number of hydrogen-bond donors (Lipinski definition) is 1. The maximum absolute atomic E-state index is 11.9. The molecule has 0 heterocycles. The Morgan fingerprint density at radius 2 is 1.89 bits per heavy atom. The summed E-state index contributed by atoms with van der Waals surface area (Å²) in [6.45, 7) is 4.69. The summed E-state index contributed by atoms with van der Waals surface area (Å²) in [6.07, 6.45) is 1.25. The van der Waals surface area contributed by atoms with E-state index >= 15 is 0 Å². The summed E-state index contributed by atoms with van der Waals surface area (Å²) in [6, 6.07) is 7.87. The van der Waals surface area contributed by atoms with E-state index in [4.69, 9.17) is 10.5 Å². The minimum absolute atomic E-state index is 0.172. The molecular formula is C14H21NO3S. The second-order valence-corrected chi connectivity index (χ2v) is 7.55. The van der Waals surface area contributed by atoms with Crippen LogP contribution < -0.4 is 5.73 Å². The standard InChI is InChI=1S/C14H21NO3S/c1-4-18-9-14(15)12(13(14)19(3,16)17)11-7-5-10(2)6-8-11/h5-8,12-13H,4,9,15H2,1-3H3/t12-,13+,14-/m1/s1. The molecule has 0 aliphatic heterocycles. The lowest BCUT2D eigenvalue weighted by Gasteiger charge is -2.11. The zero-order chi connectivity index (χ0) is 14.3. The Morgan fingerprint density at radius 1 is 1.32 bits per heavy atom. The summed E-state index contributed by atoms with van der Waals surface area (Å²) >= 11 is 0. The van der Waals surface area contributed by atoms with Crippen molar-refractivity contribution >= 4 is 9.84 Å². The Kier molecular flexibility index (Phi) is 3.73. The molecule has 3 atom stereocenters. The van der Waals surface area contributed by atoms with Crippen molar-refractivity contribution in [2.75, 3.05) is 19.5 Å². The zero-order valence-corrected chi connectivity index (χ0v) is 12.4. The minimum atomic E-state index is -3.18. The first-order valence-electron chi connectivity index (χ1n) is 6.42. The SMILES string of the molecule is CCOC[C@@]1(N)[C@H](c2ccc(C)cc2)[C@@H]1S(C)(=O)=O. The molecule has 4 nitrogen and oxygen atoms in total. The van der Waals surface area contributed by atoms with Crippen LogP contribution in [0.1, 0.15) is 24.0 Å². The van der Waals surface area contributed by atoms with Gasteiger partial charge in [0, 0.05) is 18.8 Å². The molecule has 2 rings (SSSR count). The second kappa shape index (κ2) is 4.89. The lowest BCUT2D eigenvalue weighted by Crippen LogP contribution is -2.36. The van der Waals surface area contributed by atoms with Gasteiger partial charge < -0.3 is 10.5 Å². The van der Waals surface area contributed by atoms with Gasteiger partial charge in [-0.25, -0.2) is 8.42 Å². The molecule has 1 aliphatic rings. The van der Waals surface area contributed by atoms with Gasteiger partial charge in [0.1, 0.15) is 0 Å². The van der Waals surface area contributed by atoms with Crippen molar-refractivity contribution in [2.24, 2.45) is 5.73 Å². The number of nitrogens with two attached hydrogens (primary N) is 1. The first-order chi connectivity index (χ1) is 8.80. The van der Waals surface area contributed by atoms with E-state index in [0.717, 1.165) is 11.1 Å². The monoisotopic (exact) mass is 283 g/mol. The molecule has 1 aromatic carbocycles. The van der Waals surface area contributed by atoms with Crippen molar-refractivity contribution in [3.05, 3.63) is 35.4 Å². The number of benzene rings is 1. The molecular weight excluding hydrogens is 262 g/mol. The van der Waals surface area contributed by atoms with Crippen LogP contribution >= 0.6 is 0 Å². The van der Waals surface area contributed by atoms with E-state index in [1.165, 1.54) is 6.26 Å². The number of rotatable bonds is 5. The predicted octanol–water partition coefficient (Wildman–Crippen LogP) is 1.24. The van der Waals surface area contributed by atoms with Crippen LogP contribution in [-0.4, -0.2) is 38.7 Å². The van der Waals surface area contributed by atoms with E-state index in [1.807, 2.05) is 38.1 Å². The Labute approximate surface area is 114 Å². The van der Waals surface area contributed by atoms with Gasteiger partial charge in [-0.05, 0) is 19.4 Å². The molecule has 1 fully saturated rings. The number of sulfone groups is 1. The van der Waals surface area contributed by atoms with Crippen molar-refractivity contribution in [3.63, 3.8) is 0 Å². The normalized spacial score (nSPS) is 30.3. The topological polar surface area (TPSA) is 69.4 Å². The lowest BCUT2D eigenvalue weighted by molar-refractivity contribution is 0.125. The quantitative estimate of drug-likeness (QED) is 0.882. The fraction of sp³-hybridized carbons (Fsp3) is 0.571. The Morgan fingerprint density at radius 3 is 2.37 bits per heavy atom. The first-order valence-corrected chi connectivity index (χ1v) is 8.38. The predicted molar refractivity (Wildman–Crippen MR) is 76.0 cm³/mol. The molecule has 1 aliphatic carbocycles. The Bertz CT molecular complexity index is 553. The molecule has 0 radical (unpaired) electrons. The van der Waals surface area contributed by atoms with Crippen LogP contribution in [0, 0.1) is 6.92 Å². The van der Waals surface area contributed by atoms with Crippen molar-refractivity contribution in [3.8, 4) is 0 Å². The van der Waals surface area contributed by atoms with Crippen LogP contribution in [0.3, 0.4) is 0 Å². The summed E-state index contributed by atoms with van der Waals surface area (Å²) in [4.78, 5) is 0. The average Bonchev–Trinajstić information content (AvgIpc) is 2.95. The molecule has 19 heavy (non-hydrogen) atoms. The number of aryl methyl sites for hydroxylation is 1. The second-order valence-electron chi connectivity index (χ2n) is 5.39. The van der Waals surface area contributed by atoms with Gasteiger partial charge in [-0.2, -0.15) is 0 Å². The summed E-state index contributed by atoms with van der Waals surface area (Å²) in [5.41, 5.74) is 7.60. The molecule has 1 saturated carbocycles. The molecule has 5 heteroatoms. The van der Waals surface area contributed by atoms with Crippen LogP contribution in [0.2, 0.25) is 0 Å². The summed E-state index contributed by atoms with van der Waals surface area (Å²) in [5, 5.41) is -0.547. The van der Waals surface area contributed by atoms with Gasteiger partial charge in [0.2, 0.25) is 0 Å². The van der Waals surface area contributed by atoms with Crippen LogP contribution in [0.5, 0.6) is 0 Å². The van der Waals surface area contributed by atoms with Crippen LogP contribution in [0.4, 0.5) is 0 Å². The largest absolute Gasteiger partial charge is 0.380 e. The van der Waals surface area contributed by atoms with Crippen LogP contribution in [0.25, 0.3) is 0 Å². The summed E-state index contributed by atoms with van der Waals surface area (Å²) in [5.74, 6) is -0.172. The van der Waals surface area contributed by atoms with E-state index in [-0.39, 0.29) is 12.5 Å². The zero-order valence-electron chi connectivity index (χ0n) is 11.6. The van der Waals surface area contributed by atoms with E-state index in [0.29, 0.717) is 6.61 Å². The third-order valence-electron chi connectivity index (χ3n) is 3.76. The maximum Gasteiger partial charge on any atom is 0.152 e. The van der Waals surface area contributed by atoms with E-state index in [1.54, 1.807) is 0 Å². The van der Waals surface area contributed by atoms with E-state index < -0.39 is 20.6 Å². The maximum atomic E-state index is 11.9. The van der Waals surface area contributed by atoms with Gasteiger partial charge in [-0.15, -0.1) is 0 Å². The van der Waals surface area contributed by atoms with Crippen molar-refractivity contribution in [1.29, 1.82) is 0 Å². The molecule has 1 aromatic rings. The first kappa shape index (κ1) is 14.5. The highest BCUT2D eigenvalue weighted by Crippen LogP contribution is 2.53. The molecule has 0 saturated heterocycles. The minimum Gasteiger partial charge on any atom is -0.380 e. The van der Waals surface area contributed by atoms with Crippen LogP contribution in [-0.2, 0) is 14.6 Å². The van der Waals surface area contributed by atoms with Crippen molar-refractivity contribution < 1.29 is 13.2 Å². The highest BCUT2D eigenvalue weighted by Gasteiger charge is 2.67. The van der Waals surface area contributed by atoms with E-state index in [2.05, 4.69) is 0 Å². The summed E-state index contributed by atoms with van der Waals surface area (Å²) in [7, 11) is -3.18. The number of ether oxygens (including phenoxy) is 1. The molecule has 0 bridgehead atoms. The van der Waals surface area contributed by atoms with Crippen molar-refractivity contribution in [1.82, 2.24) is 0 Å². The Hall–Kier alpha value is -0.910. The fourth-order valence-electron chi connectivity index (χ4n) is 2.78. The van der Waals surface area contributed by atoms with Gasteiger partial charge >= 0.3 is 0 Å². The van der Waals surface area contributed by atoms with Gasteiger partial charge in [-0.1, -0.05) is 29.8 Å². The fourth-order valence-corrected chi connectivity index (χ4v) is 4.62. The smallest absolute Gasteiger partial charge is 0.152 e. The molecule has 0 amide bonds. The van der Waals surface area contributed by atoms with Crippen molar-refractivity contribution in [2.45, 2.75) is 30.6 Å². The van der Waals surface area contributed by atoms with Crippen LogP contribution in [0.15, 0.2) is 24.3 Å².